The maximum atomic E-state index is 11.9. The van der Waals surface area contributed by atoms with Gasteiger partial charge >= 0.3 is 12.2 Å². The second-order valence-electron chi connectivity index (χ2n) is 4.13. The number of hydrogen-bond donors (Lipinski definition) is 3. The summed E-state index contributed by atoms with van der Waals surface area (Å²) < 4.78 is 35.7. The molecule has 21 heavy (non-hydrogen) atoms. The number of aliphatic hydroxyl groups is 1. The molecule has 0 heterocycles. The lowest BCUT2D eigenvalue weighted by Gasteiger charge is -2.09. The topological polar surface area (TPSA) is 61.4 Å². The van der Waals surface area contributed by atoms with Gasteiger partial charge in [0.15, 0.2) is 0 Å². The van der Waals surface area contributed by atoms with Crippen molar-refractivity contribution in [3.63, 3.8) is 0 Å². The van der Waals surface area contributed by atoms with Crippen LogP contribution in [0.1, 0.15) is 17.5 Å². The zero-order valence-corrected chi connectivity index (χ0v) is 11.1. The summed E-state index contributed by atoms with van der Waals surface area (Å²) in [4.78, 5) is 11.2. The third-order valence-electron chi connectivity index (χ3n) is 2.30. The zero-order valence-electron chi connectivity index (χ0n) is 11.1. The standard InChI is InChI=1S/C14H15F3N2O2/c15-14(16,17)10-19-13(21)18-9-12-6-3-5-11(8-12)4-1-2-7-20/h3,5-6,8,20H,2,7,9-10H2,(H2,18,19,21). The highest BCUT2D eigenvalue weighted by atomic mass is 19.4. The molecular weight excluding hydrogens is 285 g/mol. The van der Waals surface area contributed by atoms with Gasteiger partial charge in [-0.1, -0.05) is 24.0 Å². The summed E-state index contributed by atoms with van der Waals surface area (Å²) in [5.74, 6) is 5.59. The average Bonchev–Trinajstić information content (AvgIpc) is 2.43. The second-order valence-corrected chi connectivity index (χ2v) is 4.13. The van der Waals surface area contributed by atoms with Crippen LogP contribution in [0.2, 0.25) is 0 Å². The quantitative estimate of drug-likeness (QED) is 0.742. The van der Waals surface area contributed by atoms with Crippen LogP contribution in [0.3, 0.4) is 0 Å². The summed E-state index contributed by atoms with van der Waals surface area (Å²) in [5.41, 5.74) is 1.42. The first-order valence-corrected chi connectivity index (χ1v) is 6.18. The van der Waals surface area contributed by atoms with Crippen LogP contribution in [0.15, 0.2) is 24.3 Å². The Kier molecular flexibility index (Phi) is 6.56. The first kappa shape index (κ1) is 16.9. The van der Waals surface area contributed by atoms with E-state index in [9.17, 15) is 18.0 Å². The van der Waals surface area contributed by atoms with E-state index < -0.39 is 18.8 Å². The van der Waals surface area contributed by atoms with E-state index >= 15 is 0 Å². The molecular formula is C14H15F3N2O2. The fraction of sp³-hybridized carbons (Fsp3) is 0.357. The molecule has 0 radical (unpaired) electrons. The number of amides is 2. The number of aliphatic hydroxyl groups excluding tert-OH is 1. The third-order valence-corrected chi connectivity index (χ3v) is 2.30. The number of urea groups is 1. The Bertz CT molecular complexity index is 533. The normalized spacial score (nSPS) is 10.5. The minimum absolute atomic E-state index is 0.0202. The van der Waals surface area contributed by atoms with Crippen LogP contribution in [0, 0.1) is 11.8 Å². The lowest BCUT2D eigenvalue weighted by Crippen LogP contribution is -2.40. The van der Waals surface area contributed by atoms with Crippen molar-refractivity contribution in [2.45, 2.75) is 19.1 Å². The monoisotopic (exact) mass is 300 g/mol. The highest BCUT2D eigenvalue weighted by molar-refractivity contribution is 5.73. The Morgan fingerprint density at radius 2 is 2.05 bits per heavy atom. The van der Waals surface area contributed by atoms with Gasteiger partial charge < -0.3 is 15.7 Å². The summed E-state index contributed by atoms with van der Waals surface area (Å²) >= 11 is 0. The van der Waals surface area contributed by atoms with Crippen LogP contribution in [-0.4, -0.2) is 30.5 Å². The summed E-state index contributed by atoms with van der Waals surface area (Å²) in [6, 6.07) is 6.05. The molecule has 0 aliphatic carbocycles. The maximum Gasteiger partial charge on any atom is 0.405 e. The van der Waals surface area contributed by atoms with Gasteiger partial charge in [0.2, 0.25) is 0 Å². The van der Waals surface area contributed by atoms with E-state index in [1.165, 1.54) is 0 Å². The molecule has 0 spiro atoms. The van der Waals surface area contributed by atoms with E-state index in [1.54, 1.807) is 29.6 Å². The van der Waals surface area contributed by atoms with Crippen molar-refractivity contribution in [2.75, 3.05) is 13.2 Å². The Balaban J connectivity index is 2.47. The first-order valence-electron chi connectivity index (χ1n) is 6.18. The van der Waals surface area contributed by atoms with Gasteiger partial charge in [0.1, 0.15) is 6.54 Å². The molecule has 1 aromatic rings. The summed E-state index contributed by atoms with van der Waals surface area (Å²) in [6.07, 6.45) is -4.07. The lowest BCUT2D eigenvalue weighted by molar-refractivity contribution is -0.122. The molecule has 0 aromatic heterocycles. The predicted octanol–water partition coefficient (Wildman–Crippen LogP) is 1.78. The van der Waals surface area contributed by atoms with E-state index in [0.717, 1.165) is 0 Å². The minimum Gasteiger partial charge on any atom is -0.395 e. The van der Waals surface area contributed by atoms with Crippen LogP contribution in [-0.2, 0) is 6.54 Å². The summed E-state index contributed by atoms with van der Waals surface area (Å²) in [7, 11) is 0. The molecule has 0 saturated carbocycles. The second kappa shape index (κ2) is 8.17. The molecule has 0 unspecified atom stereocenters. The minimum atomic E-state index is -4.43. The largest absolute Gasteiger partial charge is 0.405 e. The molecule has 2 amide bonds. The van der Waals surface area contributed by atoms with E-state index in [0.29, 0.717) is 17.5 Å². The van der Waals surface area contributed by atoms with Crippen molar-refractivity contribution in [3.8, 4) is 11.8 Å². The molecule has 1 aromatic carbocycles. The highest BCUT2D eigenvalue weighted by Gasteiger charge is 2.27. The van der Waals surface area contributed by atoms with E-state index in [1.807, 2.05) is 0 Å². The molecule has 4 nitrogen and oxygen atoms in total. The van der Waals surface area contributed by atoms with Crippen molar-refractivity contribution < 1.29 is 23.1 Å². The van der Waals surface area contributed by atoms with Gasteiger partial charge in [-0.25, -0.2) is 4.79 Å². The van der Waals surface area contributed by atoms with Crippen molar-refractivity contribution >= 4 is 6.03 Å². The van der Waals surface area contributed by atoms with Crippen molar-refractivity contribution in [1.29, 1.82) is 0 Å². The highest BCUT2D eigenvalue weighted by Crippen LogP contribution is 2.12. The molecule has 0 bridgehead atoms. The number of carbonyl (C=O) groups excluding carboxylic acids is 1. The number of benzene rings is 1. The average molecular weight is 300 g/mol. The first-order chi connectivity index (χ1) is 9.90. The lowest BCUT2D eigenvalue weighted by atomic mass is 10.1. The van der Waals surface area contributed by atoms with Gasteiger partial charge in [0.25, 0.3) is 0 Å². The predicted molar refractivity (Wildman–Crippen MR) is 71.3 cm³/mol. The summed E-state index contributed by atoms with van der Waals surface area (Å²) in [6.45, 7) is -1.29. The van der Waals surface area contributed by atoms with Crippen LogP contribution in [0.4, 0.5) is 18.0 Å². The van der Waals surface area contributed by atoms with Crippen LogP contribution in [0.25, 0.3) is 0 Å². The number of carbonyl (C=O) groups is 1. The van der Waals surface area contributed by atoms with Crippen LogP contribution < -0.4 is 10.6 Å². The fourth-order valence-corrected chi connectivity index (χ4v) is 1.40. The van der Waals surface area contributed by atoms with Crippen molar-refractivity contribution in [2.24, 2.45) is 0 Å². The molecule has 3 N–H and O–H groups in total. The SMILES string of the molecule is O=C(NCc1cccc(C#CCCO)c1)NCC(F)(F)F. The zero-order chi connectivity index (χ0) is 15.7. The van der Waals surface area contributed by atoms with Gasteiger partial charge in [-0.05, 0) is 17.7 Å². The number of rotatable bonds is 4. The van der Waals surface area contributed by atoms with E-state index in [2.05, 4.69) is 17.2 Å². The molecule has 0 atom stereocenters. The number of hydrogen-bond acceptors (Lipinski definition) is 2. The smallest absolute Gasteiger partial charge is 0.395 e. The molecule has 1 rings (SSSR count). The van der Waals surface area contributed by atoms with E-state index in [4.69, 9.17) is 5.11 Å². The van der Waals surface area contributed by atoms with E-state index in [-0.39, 0.29) is 13.2 Å². The van der Waals surface area contributed by atoms with Crippen LogP contribution >= 0.6 is 0 Å². The van der Waals surface area contributed by atoms with Gasteiger partial charge in [-0.15, -0.1) is 0 Å². The molecule has 0 aliphatic rings. The summed E-state index contributed by atoms with van der Waals surface area (Å²) in [5, 5.41) is 12.7. The van der Waals surface area contributed by atoms with Crippen LogP contribution in [0.5, 0.6) is 0 Å². The molecule has 114 valence electrons. The maximum absolute atomic E-state index is 11.9. The van der Waals surface area contributed by atoms with Gasteiger partial charge in [-0.3, -0.25) is 0 Å². The molecule has 0 fully saturated rings. The van der Waals surface area contributed by atoms with Crippen molar-refractivity contribution in [1.82, 2.24) is 10.6 Å². The fourth-order valence-electron chi connectivity index (χ4n) is 1.40. The number of alkyl halides is 3. The molecule has 0 aliphatic heterocycles. The molecule has 7 heteroatoms. The Labute approximate surface area is 120 Å². The third kappa shape index (κ3) is 7.84. The van der Waals surface area contributed by atoms with Gasteiger partial charge in [0.05, 0.1) is 6.61 Å². The number of halogens is 3. The number of nitrogens with one attached hydrogen (secondary N) is 2. The molecule has 0 saturated heterocycles. The Morgan fingerprint density at radius 1 is 1.29 bits per heavy atom. The van der Waals surface area contributed by atoms with Gasteiger partial charge in [-0.2, -0.15) is 13.2 Å². The van der Waals surface area contributed by atoms with Crippen molar-refractivity contribution in [3.05, 3.63) is 35.4 Å². The Morgan fingerprint density at radius 3 is 2.71 bits per heavy atom. The Hall–Kier alpha value is -2.20. The van der Waals surface area contributed by atoms with Gasteiger partial charge in [0, 0.05) is 18.5 Å².